The molecule has 250 valence electrons. The number of carbonyl (C=O) groups is 1. The minimum atomic E-state index is -4.59. The van der Waals surface area contributed by atoms with E-state index in [0.717, 1.165) is 10.9 Å². The molecule has 0 fully saturated rings. The molecule has 3 aromatic carbocycles. The molecule has 5 aromatic rings. The molecule has 1 aliphatic rings. The number of nitrogens with one attached hydrogen (secondary N) is 1. The highest BCUT2D eigenvalue weighted by molar-refractivity contribution is 6.11. The summed E-state index contributed by atoms with van der Waals surface area (Å²) in [6.45, 7) is -1.27. The number of alkyl halides is 3. The van der Waals surface area contributed by atoms with Crippen molar-refractivity contribution in [3.63, 3.8) is 0 Å². The average molecular weight is 666 g/mol. The van der Waals surface area contributed by atoms with Gasteiger partial charge in [-0.25, -0.2) is 9.69 Å². The van der Waals surface area contributed by atoms with E-state index in [4.69, 9.17) is 18.3 Å². The zero-order valence-electron chi connectivity index (χ0n) is 29.4. The van der Waals surface area contributed by atoms with Gasteiger partial charge in [-0.3, -0.25) is 9.58 Å². The van der Waals surface area contributed by atoms with Gasteiger partial charge in [0.25, 0.3) is 0 Å². The molecule has 15 heteroatoms. The molecule has 6 rings (SSSR count). The predicted molar refractivity (Wildman–Crippen MR) is 176 cm³/mol. The van der Waals surface area contributed by atoms with Gasteiger partial charge in [-0.05, 0) is 54.6 Å². The molecule has 0 saturated carbocycles. The van der Waals surface area contributed by atoms with Crippen molar-refractivity contribution in [2.45, 2.75) is 19.3 Å². The van der Waals surface area contributed by atoms with Gasteiger partial charge in [0.1, 0.15) is 29.6 Å². The van der Waals surface area contributed by atoms with Crippen LogP contribution in [0.5, 0.6) is 17.2 Å². The second-order valence-corrected chi connectivity index (χ2v) is 11.0. The fourth-order valence-electron chi connectivity index (χ4n) is 5.51. The normalized spacial score (nSPS) is 14.2. The SMILES string of the molecule is [2H]C([2H])([2H])Oc1ccc(N2C(=O)N(c3ccc4nn(C)cc4c3)Cc3c(N(C)Cc4ccc(OC)cc4OC)nc(NCC(F)(F)F)nc32)cc1. The van der Waals surface area contributed by atoms with E-state index in [9.17, 15) is 18.0 Å². The zero-order valence-corrected chi connectivity index (χ0v) is 26.4. The van der Waals surface area contributed by atoms with Crippen LogP contribution in [0.4, 0.5) is 46.9 Å². The molecule has 2 amide bonds. The van der Waals surface area contributed by atoms with Crippen LogP contribution in [0, 0.1) is 0 Å². The fourth-order valence-corrected chi connectivity index (χ4v) is 5.51. The van der Waals surface area contributed by atoms with Gasteiger partial charge in [0.2, 0.25) is 5.95 Å². The van der Waals surface area contributed by atoms with Crippen LogP contribution >= 0.6 is 0 Å². The second kappa shape index (κ2) is 12.8. The van der Waals surface area contributed by atoms with Crippen LogP contribution in [-0.4, -0.2) is 66.8 Å². The number of aromatic nitrogens is 4. The van der Waals surface area contributed by atoms with Gasteiger partial charge in [-0.15, -0.1) is 0 Å². The van der Waals surface area contributed by atoms with Crippen molar-refractivity contribution in [1.82, 2.24) is 19.7 Å². The molecule has 12 nitrogen and oxygen atoms in total. The van der Waals surface area contributed by atoms with E-state index in [1.807, 2.05) is 12.3 Å². The third kappa shape index (κ3) is 6.43. The first-order chi connectivity index (χ1) is 24.1. The lowest BCUT2D eigenvalue weighted by molar-refractivity contribution is -0.115. The van der Waals surface area contributed by atoms with Crippen molar-refractivity contribution in [2.75, 3.05) is 54.9 Å². The summed E-state index contributed by atoms with van der Waals surface area (Å²) in [6.07, 6.45) is -2.77. The number of amides is 2. The lowest BCUT2D eigenvalue weighted by Crippen LogP contribution is -2.46. The third-order valence-electron chi connectivity index (χ3n) is 7.75. The maximum atomic E-state index is 14.5. The lowest BCUT2D eigenvalue weighted by Gasteiger charge is -2.38. The number of aryl methyl sites for hydroxylation is 1. The Hall–Kier alpha value is -5.73. The number of hydrogen-bond acceptors (Lipinski definition) is 9. The molecule has 0 bridgehead atoms. The minimum absolute atomic E-state index is 0.0198. The Morgan fingerprint density at radius 3 is 2.44 bits per heavy atom. The molecule has 0 saturated heterocycles. The predicted octanol–water partition coefficient (Wildman–Crippen LogP) is 6.28. The summed E-state index contributed by atoms with van der Waals surface area (Å²) in [6, 6.07) is 15.7. The third-order valence-corrected chi connectivity index (χ3v) is 7.75. The van der Waals surface area contributed by atoms with E-state index < -0.39 is 25.8 Å². The molecule has 1 aliphatic heterocycles. The minimum Gasteiger partial charge on any atom is -0.497 e. The lowest BCUT2D eigenvalue weighted by atomic mass is 10.1. The number of benzene rings is 3. The zero-order chi connectivity index (χ0) is 36.7. The van der Waals surface area contributed by atoms with Gasteiger partial charge >= 0.3 is 12.2 Å². The van der Waals surface area contributed by atoms with Gasteiger partial charge in [-0.1, -0.05) is 0 Å². The maximum absolute atomic E-state index is 14.5. The molecule has 0 unspecified atom stereocenters. The quantitative estimate of drug-likeness (QED) is 0.184. The molecule has 2 aromatic heterocycles. The number of rotatable bonds is 10. The molecule has 0 atom stereocenters. The summed E-state index contributed by atoms with van der Waals surface area (Å²) in [5.74, 6) is 1.02. The van der Waals surface area contributed by atoms with Gasteiger partial charge in [0.05, 0.1) is 48.7 Å². The number of hydrogen-bond donors (Lipinski definition) is 1. The number of anilines is 5. The van der Waals surface area contributed by atoms with E-state index in [2.05, 4.69) is 20.4 Å². The van der Waals surface area contributed by atoms with Crippen molar-refractivity contribution < 1.29 is 36.3 Å². The van der Waals surface area contributed by atoms with E-state index in [1.54, 1.807) is 54.0 Å². The van der Waals surface area contributed by atoms with E-state index in [-0.39, 0.29) is 42.1 Å². The van der Waals surface area contributed by atoms with Crippen molar-refractivity contribution >= 4 is 45.9 Å². The number of halogens is 3. The highest BCUT2D eigenvalue weighted by Gasteiger charge is 2.38. The van der Waals surface area contributed by atoms with E-state index in [1.165, 1.54) is 48.3 Å². The van der Waals surface area contributed by atoms with Crippen LogP contribution in [0.25, 0.3) is 10.9 Å². The molecule has 3 heterocycles. The second-order valence-electron chi connectivity index (χ2n) is 11.0. The Morgan fingerprint density at radius 2 is 1.73 bits per heavy atom. The number of methoxy groups -OCH3 is 3. The summed E-state index contributed by atoms with van der Waals surface area (Å²) in [7, 11) is 3.83. The molecule has 0 aliphatic carbocycles. The Kier molecular flexibility index (Phi) is 7.61. The van der Waals surface area contributed by atoms with E-state index in [0.29, 0.717) is 28.3 Å². The van der Waals surface area contributed by atoms with Crippen molar-refractivity contribution in [2.24, 2.45) is 7.05 Å². The molecule has 0 radical (unpaired) electrons. The molecule has 1 N–H and O–H groups in total. The van der Waals surface area contributed by atoms with Crippen molar-refractivity contribution in [1.29, 1.82) is 0 Å². The van der Waals surface area contributed by atoms with Crippen LogP contribution in [-0.2, 0) is 20.1 Å². The Labute approximate surface area is 278 Å². The smallest absolute Gasteiger partial charge is 0.405 e. The Bertz CT molecular complexity index is 2080. The first-order valence-electron chi connectivity index (χ1n) is 16.1. The summed E-state index contributed by atoms with van der Waals surface area (Å²) in [5.41, 5.74) is 2.63. The first-order valence-corrected chi connectivity index (χ1v) is 14.6. The van der Waals surface area contributed by atoms with Gasteiger partial charge in [0, 0.05) is 49.5 Å². The highest BCUT2D eigenvalue weighted by Crippen LogP contribution is 2.41. The summed E-state index contributed by atoms with van der Waals surface area (Å²) in [5, 5.41) is 7.45. The van der Waals surface area contributed by atoms with E-state index >= 15 is 0 Å². The summed E-state index contributed by atoms with van der Waals surface area (Å²) < 4.78 is 80.1. The Morgan fingerprint density at radius 1 is 0.979 bits per heavy atom. The number of carbonyl (C=O) groups excluding carboxylic acids is 1. The molecular weight excluding hydrogens is 629 g/mol. The van der Waals surface area contributed by atoms with Crippen LogP contribution in [0.2, 0.25) is 0 Å². The number of fused-ring (bicyclic) bond motifs is 2. The highest BCUT2D eigenvalue weighted by atomic mass is 19.4. The van der Waals surface area contributed by atoms with Crippen molar-refractivity contribution in [3.05, 3.63) is 78.0 Å². The van der Waals surface area contributed by atoms with Crippen molar-refractivity contribution in [3.8, 4) is 17.2 Å². The largest absolute Gasteiger partial charge is 0.497 e. The molecule has 48 heavy (non-hydrogen) atoms. The molecular formula is C33H33F3N8O4. The van der Waals surface area contributed by atoms with Gasteiger partial charge in [0.15, 0.2) is 5.82 Å². The van der Waals surface area contributed by atoms with Crippen LogP contribution < -0.4 is 34.2 Å². The van der Waals surface area contributed by atoms with Crippen LogP contribution in [0.3, 0.4) is 0 Å². The number of nitrogens with zero attached hydrogens (tertiary/aromatic N) is 7. The van der Waals surface area contributed by atoms with Crippen LogP contribution in [0.15, 0.2) is 66.9 Å². The number of urea groups is 1. The number of ether oxygens (including phenoxy) is 3. The van der Waals surface area contributed by atoms with Gasteiger partial charge < -0.3 is 24.4 Å². The Balaban J connectivity index is 1.51. The molecule has 0 spiro atoms. The van der Waals surface area contributed by atoms with Gasteiger partial charge in [-0.2, -0.15) is 28.2 Å². The van der Waals surface area contributed by atoms with Crippen LogP contribution in [0.1, 0.15) is 15.2 Å². The topological polar surface area (TPSA) is 110 Å². The fraction of sp³-hybridized carbons (Fsp3) is 0.273. The summed E-state index contributed by atoms with van der Waals surface area (Å²) >= 11 is 0. The first kappa shape index (κ1) is 28.5. The summed E-state index contributed by atoms with van der Waals surface area (Å²) in [4.78, 5) is 28.0. The monoisotopic (exact) mass is 665 g/mol. The maximum Gasteiger partial charge on any atom is 0.405 e. The standard InChI is InChI=1S/C33H33F3N8O4/c1-41(16-20-6-10-25(47-4)15-28(20)48-5)29-26-18-43(23-9-13-27-21(14-23)17-42(2)40-27)32(45)44(22-7-11-24(46-3)12-8-22)30(26)39-31(38-29)37-19-33(34,35)36/h6-15,17H,16,18-19H2,1-5H3,(H,37,38,39)/i3D3. The average Bonchev–Trinajstić information content (AvgIpc) is 3.45.